The number of benzene rings is 1. The average molecular weight is 604 g/mol. The first-order valence-corrected chi connectivity index (χ1v) is 15.2. The van der Waals surface area contributed by atoms with E-state index in [9.17, 15) is 19.6 Å². The number of hydrogen-bond donors (Lipinski definition) is 5. The van der Waals surface area contributed by atoms with Crippen LogP contribution in [0.15, 0.2) is 36.7 Å². The van der Waals surface area contributed by atoms with Gasteiger partial charge in [-0.15, -0.1) is 0 Å². The molecular formula is C26H34N7O8P. The van der Waals surface area contributed by atoms with Crippen LogP contribution in [0.25, 0.3) is 11.2 Å². The van der Waals surface area contributed by atoms with Crippen molar-refractivity contribution >= 4 is 36.6 Å². The number of imidazole rings is 1. The topological polar surface area (TPSA) is 205 Å². The maximum Gasteiger partial charge on any atom is 0.459 e. The molecular weight excluding hydrogens is 569 g/mol. The second kappa shape index (κ2) is 10.1. The molecule has 226 valence electrons. The fourth-order valence-corrected chi connectivity index (χ4v) is 6.81. The molecule has 6 rings (SSSR count). The molecule has 0 radical (unpaired) electrons. The Bertz CT molecular complexity index is 1550. The lowest BCUT2D eigenvalue weighted by molar-refractivity contribution is -0.155. The number of fused-ring (bicyclic) bond motifs is 2. The summed E-state index contributed by atoms with van der Waals surface area (Å²) in [5.41, 5.74) is 2.72. The van der Waals surface area contributed by atoms with Crippen molar-refractivity contribution in [2.75, 3.05) is 11.1 Å². The first kappa shape index (κ1) is 28.8. The number of nitrogen functional groups attached to an aromatic ring is 1. The Kier molecular flexibility index (Phi) is 6.95. The second-order valence-corrected chi connectivity index (χ2v) is 13.0. The van der Waals surface area contributed by atoms with Gasteiger partial charge in [0.05, 0.1) is 12.4 Å². The predicted octanol–water partition coefficient (Wildman–Crippen LogP) is 1.88. The van der Waals surface area contributed by atoms with Gasteiger partial charge in [0.25, 0.3) is 0 Å². The van der Waals surface area contributed by atoms with Crippen molar-refractivity contribution < 1.29 is 38.1 Å². The van der Waals surface area contributed by atoms with E-state index in [0.717, 1.165) is 12.8 Å². The number of hydrogen-bond acceptors (Lipinski definition) is 13. The van der Waals surface area contributed by atoms with Crippen molar-refractivity contribution in [3.8, 4) is 5.75 Å². The number of nitrogens with one attached hydrogen (secondary N) is 2. The van der Waals surface area contributed by atoms with Crippen molar-refractivity contribution in [3.63, 3.8) is 0 Å². The molecule has 7 atom stereocenters. The van der Waals surface area contributed by atoms with Gasteiger partial charge in [-0.05, 0) is 52.7 Å². The van der Waals surface area contributed by atoms with E-state index in [4.69, 9.17) is 24.3 Å². The molecule has 2 aromatic heterocycles. The number of nitrogens with zero attached hydrogens (tertiary/aromatic N) is 4. The lowest BCUT2D eigenvalue weighted by atomic mass is 9.95. The predicted molar refractivity (Wildman–Crippen MR) is 149 cm³/mol. The van der Waals surface area contributed by atoms with E-state index in [1.165, 1.54) is 24.7 Å². The van der Waals surface area contributed by atoms with E-state index in [2.05, 4.69) is 25.4 Å². The third kappa shape index (κ3) is 4.99. The summed E-state index contributed by atoms with van der Waals surface area (Å²) in [5.74, 6) is -0.00635. The number of aromatic nitrogens is 4. The number of esters is 1. The molecule has 6 N–H and O–H groups in total. The highest BCUT2D eigenvalue weighted by Crippen LogP contribution is 2.65. The summed E-state index contributed by atoms with van der Waals surface area (Å²) in [6.07, 6.45) is -0.497. The standard InChI is InChI=1S/C26H34N7O8P/c1-13(2)38-22(34)14(3)32-42(37,40-16-8-6-5-7-9-16)41-19-18-26(19,36)25(4,35)23(39-18)33-12-28-17-20(29-15-10-11-15)30-24(27)31-21(17)33/h5-9,12-15,18-19,23,35-36H,10-11H2,1-4H3,(H,32,37)(H3,27,29,30,31)/t14-,18-,19?,23-,25+,26+,42+/m1/s1. The molecule has 0 amide bonds. The molecule has 3 fully saturated rings. The van der Waals surface area contributed by atoms with Crippen LogP contribution in [-0.4, -0.2) is 77.3 Å². The van der Waals surface area contributed by atoms with Gasteiger partial charge in [0, 0.05) is 6.04 Å². The normalized spacial score (nSPS) is 30.5. The smallest absolute Gasteiger partial charge is 0.459 e. The highest BCUT2D eigenvalue weighted by Gasteiger charge is 2.84. The van der Waals surface area contributed by atoms with Crippen LogP contribution in [0.5, 0.6) is 5.75 Å². The minimum atomic E-state index is -4.35. The molecule has 15 nitrogen and oxygen atoms in total. The van der Waals surface area contributed by atoms with Crippen molar-refractivity contribution in [2.45, 2.75) is 88.4 Å². The van der Waals surface area contributed by atoms with Gasteiger partial charge in [0.2, 0.25) is 5.95 Å². The molecule has 0 spiro atoms. The van der Waals surface area contributed by atoms with E-state index < -0.39 is 55.5 Å². The summed E-state index contributed by atoms with van der Waals surface area (Å²) >= 11 is 0. The van der Waals surface area contributed by atoms with Crippen molar-refractivity contribution in [1.29, 1.82) is 0 Å². The van der Waals surface area contributed by atoms with Crippen LogP contribution in [0, 0.1) is 0 Å². The maximum atomic E-state index is 14.0. The Labute approximate surface area is 241 Å². The van der Waals surface area contributed by atoms with E-state index in [-0.39, 0.29) is 17.7 Å². The fraction of sp³-hybridized carbons (Fsp3) is 0.538. The third-order valence-electron chi connectivity index (χ3n) is 7.49. The molecule has 1 saturated heterocycles. The van der Waals surface area contributed by atoms with Gasteiger partial charge in [-0.2, -0.15) is 15.1 Å². The minimum absolute atomic E-state index is 0.00491. The number of rotatable bonds is 11. The highest BCUT2D eigenvalue weighted by atomic mass is 31.2. The number of ether oxygens (including phenoxy) is 2. The molecule has 3 heterocycles. The van der Waals surface area contributed by atoms with Crippen LogP contribution in [0.4, 0.5) is 11.8 Å². The number of anilines is 2. The molecule has 2 aliphatic carbocycles. The van der Waals surface area contributed by atoms with E-state index in [1.807, 2.05) is 0 Å². The molecule has 3 aliphatic rings. The van der Waals surface area contributed by atoms with Crippen LogP contribution in [0.1, 0.15) is 46.8 Å². The Morgan fingerprint density at radius 1 is 1.21 bits per heavy atom. The second-order valence-electron chi connectivity index (χ2n) is 11.3. The zero-order valence-electron chi connectivity index (χ0n) is 23.5. The largest absolute Gasteiger partial charge is 0.462 e. The van der Waals surface area contributed by atoms with Crippen LogP contribution in [0.2, 0.25) is 0 Å². The summed E-state index contributed by atoms with van der Waals surface area (Å²) in [4.78, 5) is 25.4. The summed E-state index contributed by atoms with van der Waals surface area (Å²) in [5, 5.41) is 29.1. The van der Waals surface area contributed by atoms with Crippen molar-refractivity contribution in [1.82, 2.24) is 24.6 Å². The van der Waals surface area contributed by atoms with Crippen LogP contribution in [0.3, 0.4) is 0 Å². The van der Waals surface area contributed by atoms with Crippen molar-refractivity contribution in [3.05, 3.63) is 36.7 Å². The number of aliphatic hydroxyl groups is 2. The van der Waals surface area contributed by atoms with Crippen LogP contribution < -0.4 is 20.7 Å². The molecule has 16 heteroatoms. The number of nitrogens with two attached hydrogens (primary N) is 1. The third-order valence-corrected chi connectivity index (χ3v) is 9.15. The lowest BCUT2D eigenvalue weighted by Gasteiger charge is -2.33. The van der Waals surface area contributed by atoms with Gasteiger partial charge in [-0.1, -0.05) is 18.2 Å². The number of carbonyl (C=O) groups excluding carboxylic acids is 1. The SMILES string of the molecule is CC(C)OC(=O)[C@@H](C)N[P@](=O)(Oc1ccccc1)OC1[C@H]2O[C@@H](n3cnc4c(NC5CC5)nc(N)nc43)[C@](C)(O)[C@@]12O. The van der Waals surface area contributed by atoms with Gasteiger partial charge in [0.1, 0.15) is 29.6 Å². The van der Waals surface area contributed by atoms with Gasteiger partial charge in [-0.3, -0.25) is 13.9 Å². The molecule has 1 aliphatic heterocycles. The Hall–Kier alpha value is -3.33. The van der Waals surface area contributed by atoms with Gasteiger partial charge >= 0.3 is 13.7 Å². The molecule has 3 aromatic rings. The maximum absolute atomic E-state index is 14.0. The van der Waals surface area contributed by atoms with Gasteiger partial charge in [-0.25, -0.2) is 9.55 Å². The fourth-order valence-electron chi connectivity index (χ4n) is 5.11. The summed E-state index contributed by atoms with van der Waals surface area (Å²) in [7, 11) is -4.35. The molecule has 2 saturated carbocycles. The van der Waals surface area contributed by atoms with Crippen LogP contribution >= 0.6 is 7.75 Å². The summed E-state index contributed by atoms with van der Waals surface area (Å²) < 4.78 is 38.3. The monoisotopic (exact) mass is 603 g/mol. The van der Waals surface area contributed by atoms with E-state index >= 15 is 0 Å². The minimum Gasteiger partial charge on any atom is -0.462 e. The van der Waals surface area contributed by atoms with Crippen molar-refractivity contribution in [2.24, 2.45) is 0 Å². The average Bonchev–Trinajstić information content (AvgIpc) is 3.75. The number of para-hydroxylation sites is 1. The highest BCUT2D eigenvalue weighted by molar-refractivity contribution is 7.52. The quantitative estimate of drug-likeness (QED) is 0.157. The Morgan fingerprint density at radius 2 is 1.93 bits per heavy atom. The molecule has 42 heavy (non-hydrogen) atoms. The van der Waals surface area contributed by atoms with Gasteiger partial charge in [0.15, 0.2) is 28.8 Å². The zero-order valence-corrected chi connectivity index (χ0v) is 24.4. The summed E-state index contributed by atoms with van der Waals surface area (Å²) in [6.45, 7) is 6.20. The van der Waals surface area contributed by atoms with Crippen LogP contribution in [-0.2, 0) is 23.4 Å². The molecule has 0 bridgehead atoms. The van der Waals surface area contributed by atoms with E-state index in [1.54, 1.807) is 44.2 Å². The Balaban J connectivity index is 1.25. The van der Waals surface area contributed by atoms with E-state index in [0.29, 0.717) is 17.0 Å². The first-order chi connectivity index (χ1) is 19.8. The summed E-state index contributed by atoms with van der Waals surface area (Å²) in [6, 6.07) is 7.40. The first-order valence-electron chi connectivity index (χ1n) is 13.7. The number of carbonyl (C=O) groups is 1. The Morgan fingerprint density at radius 3 is 2.55 bits per heavy atom. The zero-order chi connectivity index (χ0) is 30.0. The molecule has 1 aromatic carbocycles. The molecule has 1 unspecified atom stereocenters. The lowest BCUT2D eigenvalue weighted by Crippen LogP contribution is -2.49. The van der Waals surface area contributed by atoms with Gasteiger partial charge < -0.3 is 35.3 Å².